The van der Waals surface area contributed by atoms with Crippen molar-refractivity contribution < 1.29 is 4.79 Å². The summed E-state index contributed by atoms with van der Waals surface area (Å²) in [7, 11) is 0. The fourth-order valence-electron chi connectivity index (χ4n) is 3.12. The quantitative estimate of drug-likeness (QED) is 0.892. The van der Waals surface area contributed by atoms with Crippen LogP contribution in [0.5, 0.6) is 0 Å². The second-order valence-electron chi connectivity index (χ2n) is 6.67. The van der Waals surface area contributed by atoms with Gasteiger partial charge in [-0.3, -0.25) is 4.79 Å². The summed E-state index contributed by atoms with van der Waals surface area (Å²) >= 11 is 0. The molecule has 1 aliphatic rings. The van der Waals surface area contributed by atoms with Crippen LogP contribution in [0, 0.1) is 5.92 Å². The number of benzene rings is 1. The number of aryl methyl sites for hydroxylation is 1. The molecule has 122 valence electrons. The van der Waals surface area contributed by atoms with Crippen LogP contribution >= 0.6 is 0 Å². The molecule has 0 aliphatic heterocycles. The lowest BCUT2D eigenvalue weighted by Crippen LogP contribution is -2.35. The molecule has 2 aromatic rings. The van der Waals surface area contributed by atoms with Crippen LogP contribution in [-0.4, -0.2) is 22.4 Å². The van der Waals surface area contributed by atoms with E-state index in [0.29, 0.717) is 12.5 Å². The number of carbonyl (C=O) groups is 1. The molecule has 1 amide bonds. The molecular weight excluding hydrogens is 286 g/mol. The van der Waals surface area contributed by atoms with E-state index in [1.807, 2.05) is 18.2 Å². The summed E-state index contributed by atoms with van der Waals surface area (Å²) in [6, 6.07) is 10.3. The Kier molecular flexibility index (Phi) is 4.79. The number of hydrogen-bond donors (Lipinski definition) is 2. The number of nitrogens with one attached hydrogen (secondary N) is 2. The summed E-state index contributed by atoms with van der Waals surface area (Å²) in [6.45, 7) is 4.97. The van der Waals surface area contributed by atoms with Crippen molar-refractivity contribution in [2.24, 2.45) is 5.92 Å². The first kappa shape index (κ1) is 15.8. The monoisotopic (exact) mass is 311 g/mol. The number of carbonyl (C=O) groups excluding carboxylic acids is 1. The number of aromatic amines is 1. The Morgan fingerprint density at radius 1 is 1.35 bits per heavy atom. The molecule has 1 heterocycles. The normalized spacial score (nSPS) is 17.1. The van der Waals surface area contributed by atoms with E-state index in [9.17, 15) is 4.79 Å². The molecule has 23 heavy (non-hydrogen) atoms. The largest absolute Gasteiger partial charge is 0.356 e. The van der Waals surface area contributed by atoms with Crippen molar-refractivity contribution in [1.29, 1.82) is 0 Å². The van der Waals surface area contributed by atoms with Crippen LogP contribution in [0.2, 0.25) is 0 Å². The molecule has 3 rings (SSSR count). The molecule has 0 saturated heterocycles. The van der Waals surface area contributed by atoms with Gasteiger partial charge in [-0.15, -0.1) is 0 Å². The number of imidazole rings is 1. The Morgan fingerprint density at radius 2 is 2.13 bits per heavy atom. The number of rotatable bonds is 5. The number of hydrogen-bond acceptors (Lipinski definition) is 2. The predicted octanol–water partition coefficient (Wildman–Crippen LogP) is 3.00. The Labute approximate surface area is 137 Å². The fourth-order valence-corrected chi connectivity index (χ4v) is 3.12. The van der Waals surface area contributed by atoms with Crippen LogP contribution in [0.1, 0.15) is 49.0 Å². The first-order valence-corrected chi connectivity index (χ1v) is 8.52. The number of nitrogens with zero attached hydrogens (tertiary/aromatic N) is 1. The number of fused-ring (bicyclic) bond motifs is 1. The van der Waals surface area contributed by atoms with E-state index in [1.165, 1.54) is 5.56 Å². The van der Waals surface area contributed by atoms with E-state index in [0.717, 1.165) is 42.9 Å². The molecule has 0 spiro atoms. The summed E-state index contributed by atoms with van der Waals surface area (Å²) in [5.41, 5.74) is 3.57. The third-order valence-electron chi connectivity index (χ3n) is 4.54. The molecule has 1 aliphatic carbocycles. The van der Waals surface area contributed by atoms with Gasteiger partial charge in [0, 0.05) is 30.5 Å². The Morgan fingerprint density at radius 3 is 2.87 bits per heavy atom. The molecule has 1 atom stereocenters. The van der Waals surface area contributed by atoms with Gasteiger partial charge in [0.05, 0.1) is 5.69 Å². The van der Waals surface area contributed by atoms with E-state index in [1.54, 1.807) is 0 Å². The number of amides is 1. The van der Waals surface area contributed by atoms with Gasteiger partial charge >= 0.3 is 0 Å². The van der Waals surface area contributed by atoms with Gasteiger partial charge < -0.3 is 10.3 Å². The molecular formula is C19H25N3O. The molecule has 4 nitrogen and oxygen atoms in total. The Balaban J connectivity index is 1.52. The van der Waals surface area contributed by atoms with Crippen LogP contribution in [0.25, 0.3) is 0 Å². The van der Waals surface area contributed by atoms with Gasteiger partial charge in [0.25, 0.3) is 0 Å². The summed E-state index contributed by atoms with van der Waals surface area (Å²) < 4.78 is 0. The van der Waals surface area contributed by atoms with Crippen molar-refractivity contribution in [3.8, 4) is 0 Å². The van der Waals surface area contributed by atoms with Crippen LogP contribution in [0.15, 0.2) is 30.3 Å². The van der Waals surface area contributed by atoms with Crippen molar-refractivity contribution in [3.05, 3.63) is 53.1 Å². The zero-order valence-electron chi connectivity index (χ0n) is 13.9. The van der Waals surface area contributed by atoms with E-state index in [2.05, 4.69) is 41.3 Å². The van der Waals surface area contributed by atoms with Gasteiger partial charge in [0.2, 0.25) is 5.91 Å². The molecule has 1 aromatic carbocycles. The lowest BCUT2D eigenvalue weighted by atomic mass is 9.89. The Hall–Kier alpha value is -2.10. The van der Waals surface area contributed by atoms with Crippen LogP contribution in [0.4, 0.5) is 0 Å². The molecule has 2 N–H and O–H groups in total. The highest BCUT2D eigenvalue weighted by Crippen LogP contribution is 2.25. The smallest absolute Gasteiger partial charge is 0.223 e. The van der Waals surface area contributed by atoms with E-state index in [4.69, 9.17) is 0 Å². The predicted molar refractivity (Wildman–Crippen MR) is 91.3 cm³/mol. The topological polar surface area (TPSA) is 57.8 Å². The molecule has 0 fully saturated rings. The standard InChI is InChI=1S/C19H25N3O/c1-13(2)18-21-16-9-8-15(12-17(16)22-18)19(23)20-11-10-14-6-4-3-5-7-14/h3-7,13,15H,8-12H2,1-2H3,(H,20,23)(H,21,22)/t15-/m1/s1. The molecule has 4 heteroatoms. The van der Waals surface area contributed by atoms with Crippen LogP contribution < -0.4 is 5.32 Å². The number of H-pyrrole nitrogens is 1. The first-order valence-electron chi connectivity index (χ1n) is 8.52. The third-order valence-corrected chi connectivity index (χ3v) is 4.54. The zero-order valence-corrected chi connectivity index (χ0v) is 13.9. The first-order chi connectivity index (χ1) is 11.1. The van der Waals surface area contributed by atoms with Crippen LogP contribution in [-0.2, 0) is 24.1 Å². The maximum absolute atomic E-state index is 12.4. The van der Waals surface area contributed by atoms with E-state index in [-0.39, 0.29) is 11.8 Å². The van der Waals surface area contributed by atoms with E-state index >= 15 is 0 Å². The summed E-state index contributed by atoms with van der Waals surface area (Å²) in [5, 5.41) is 3.09. The summed E-state index contributed by atoms with van der Waals surface area (Å²) in [5.74, 6) is 1.69. The minimum atomic E-state index is 0.0683. The Bertz CT molecular complexity index is 661. The lowest BCUT2D eigenvalue weighted by Gasteiger charge is -2.20. The van der Waals surface area contributed by atoms with Gasteiger partial charge in [0.1, 0.15) is 5.82 Å². The van der Waals surface area contributed by atoms with Crippen molar-refractivity contribution >= 4 is 5.91 Å². The highest BCUT2D eigenvalue weighted by molar-refractivity contribution is 5.79. The van der Waals surface area contributed by atoms with Gasteiger partial charge in [0.15, 0.2) is 0 Å². The fraction of sp³-hybridized carbons (Fsp3) is 0.474. The zero-order chi connectivity index (χ0) is 16.2. The van der Waals surface area contributed by atoms with Crippen molar-refractivity contribution in [2.45, 2.75) is 45.4 Å². The van der Waals surface area contributed by atoms with Gasteiger partial charge in [-0.25, -0.2) is 4.98 Å². The minimum absolute atomic E-state index is 0.0683. The van der Waals surface area contributed by atoms with Gasteiger partial charge in [-0.05, 0) is 24.8 Å². The number of aromatic nitrogens is 2. The lowest BCUT2D eigenvalue weighted by molar-refractivity contribution is -0.125. The van der Waals surface area contributed by atoms with Crippen LogP contribution in [0.3, 0.4) is 0 Å². The highest BCUT2D eigenvalue weighted by Gasteiger charge is 2.27. The summed E-state index contributed by atoms with van der Waals surface area (Å²) in [6.07, 6.45) is 3.46. The second kappa shape index (κ2) is 6.99. The maximum atomic E-state index is 12.4. The molecule has 0 bridgehead atoms. The average molecular weight is 311 g/mol. The summed E-state index contributed by atoms with van der Waals surface area (Å²) in [4.78, 5) is 20.5. The highest BCUT2D eigenvalue weighted by atomic mass is 16.1. The maximum Gasteiger partial charge on any atom is 0.223 e. The van der Waals surface area contributed by atoms with Gasteiger partial charge in [-0.2, -0.15) is 0 Å². The molecule has 0 radical (unpaired) electrons. The van der Waals surface area contributed by atoms with Crippen molar-refractivity contribution in [1.82, 2.24) is 15.3 Å². The average Bonchev–Trinajstić information content (AvgIpc) is 2.99. The van der Waals surface area contributed by atoms with Gasteiger partial charge in [-0.1, -0.05) is 44.2 Å². The second-order valence-corrected chi connectivity index (χ2v) is 6.67. The van der Waals surface area contributed by atoms with Crippen molar-refractivity contribution in [2.75, 3.05) is 6.54 Å². The van der Waals surface area contributed by atoms with Crippen molar-refractivity contribution in [3.63, 3.8) is 0 Å². The molecule has 0 unspecified atom stereocenters. The minimum Gasteiger partial charge on any atom is -0.356 e. The SMILES string of the molecule is CC(C)c1nc2c([nH]1)C[C@H](C(=O)NCCc1ccccc1)CC2. The third kappa shape index (κ3) is 3.81. The molecule has 1 aromatic heterocycles. The molecule has 0 saturated carbocycles. The van der Waals surface area contributed by atoms with E-state index < -0.39 is 0 Å².